The van der Waals surface area contributed by atoms with Crippen LogP contribution in [0.5, 0.6) is 0 Å². The highest BCUT2D eigenvalue weighted by molar-refractivity contribution is 7.13. The highest BCUT2D eigenvalue weighted by atomic mass is 32.1. The summed E-state index contributed by atoms with van der Waals surface area (Å²) in [5, 5.41) is 2.02. The summed E-state index contributed by atoms with van der Waals surface area (Å²) >= 11 is 1.64. The third kappa shape index (κ3) is 1.63. The maximum absolute atomic E-state index is 5.41. The fourth-order valence-corrected chi connectivity index (χ4v) is 2.09. The zero-order valence-corrected chi connectivity index (χ0v) is 9.15. The van der Waals surface area contributed by atoms with Crippen LogP contribution in [-0.4, -0.2) is 9.97 Å². The minimum absolute atomic E-state index is 0.559. The highest BCUT2D eigenvalue weighted by Gasteiger charge is 2.09. The monoisotopic (exact) mass is 228 g/mol. The Hall–Kier alpha value is -1.94. The summed E-state index contributed by atoms with van der Waals surface area (Å²) in [6.45, 7) is 0. The van der Waals surface area contributed by atoms with E-state index in [-0.39, 0.29) is 0 Å². The van der Waals surface area contributed by atoms with Crippen LogP contribution in [0.4, 0.5) is 0 Å². The van der Waals surface area contributed by atoms with Crippen molar-refractivity contribution in [2.75, 3.05) is 0 Å². The lowest BCUT2D eigenvalue weighted by Crippen LogP contribution is -1.81. The van der Waals surface area contributed by atoms with Crippen LogP contribution in [0.2, 0.25) is 0 Å². The number of hydrogen-bond acceptors (Lipinski definition) is 4. The van der Waals surface area contributed by atoms with Crippen molar-refractivity contribution in [3.8, 4) is 22.2 Å². The lowest BCUT2D eigenvalue weighted by atomic mass is 10.3. The zero-order chi connectivity index (χ0) is 10.8. The predicted octanol–water partition coefficient (Wildman–Crippen LogP) is 3.47. The summed E-state index contributed by atoms with van der Waals surface area (Å²) < 4.78 is 5.41. The first-order valence-corrected chi connectivity index (χ1v) is 5.72. The van der Waals surface area contributed by atoms with Gasteiger partial charge in [-0.05, 0) is 23.6 Å². The lowest BCUT2D eigenvalue weighted by molar-refractivity contribution is 0.572. The van der Waals surface area contributed by atoms with Crippen molar-refractivity contribution in [1.29, 1.82) is 0 Å². The van der Waals surface area contributed by atoms with Gasteiger partial charge in [0.1, 0.15) is 17.7 Å². The number of thiophene rings is 1. The minimum atomic E-state index is 0.559. The summed E-state index contributed by atoms with van der Waals surface area (Å²) in [4.78, 5) is 9.70. The van der Waals surface area contributed by atoms with Gasteiger partial charge in [-0.3, -0.25) is 4.98 Å². The third-order valence-corrected chi connectivity index (χ3v) is 3.05. The third-order valence-electron chi connectivity index (χ3n) is 2.16. The largest absolute Gasteiger partial charge is 0.443 e. The molecule has 0 spiro atoms. The van der Waals surface area contributed by atoms with E-state index >= 15 is 0 Å². The fraction of sp³-hybridized carbons (Fsp3) is 0. The average molecular weight is 228 g/mol. The van der Waals surface area contributed by atoms with Crippen molar-refractivity contribution in [1.82, 2.24) is 9.97 Å². The van der Waals surface area contributed by atoms with Gasteiger partial charge in [-0.15, -0.1) is 11.3 Å². The summed E-state index contributed by atoms with van der Waals surface area (Å²) in [5.41, 5.74) is 1.61. The Labute approximate surface area is 96.4 Å². The number of rotatable bonds is 2. The van der Waals surface area contributed by atoms with Crippen molar-refractivity contribution in [2.24, 2.45) is 0 Å². The Bertz CT molecular complexity index is 572. The molecule has 16 heavy (non-hydrogen) atoms. The minimum Gasteiger partial charge on any atom is -0.443 e. The summed E-state index contributed by atoms with van der Waals surface area (Å²) in [7, 11) is 0. The molecule has 3 aromatic heterocycles. The second-order valence-corrected chi connectivity index (χ2v) is 4.18. The number of aromatic nitrogens is 2. The first kappa shape index (κ1) is 9.30. The molecule has 0 saturated carbocycles. The van der Waals surface area contributed by atoms with Crippen LogP contribution in [-0.2, 0) is 0 Å². The van der Waals surface area contributed by atoms with E-state index in [1.807, 2.05) is 35.7 Å². The molecule has 3 heterocycles. The molecule has 78 valence electrons. The summed E-state index contributed by atoms with van der Waals surface area (Å²) in [5.74, 6) is 0.559. The first-order chi connectivity index (χ1) is 7.93. The van der Waals surface area contributed by atoms with E-state index in [1.54, 1.807) is 23.8 Å². The second-order valence-electron chi connectivity index (χ2n) is 3.23. The van der Waals surface area contributed by atoms with Crippen LogP contribution in [0.25, 0.3) is 22.2 Å². The van der Waals surface area contributed by atoms with Crippen molar-refractivity contribution in [2.45, 2.75) is 0 Å². The van der Waals surface area contributed by atoms with Gasteiger partial charge in [0.15, 0.2) is 0 Å². The molecule has 4 heteroatoms. The normalized spacial score (nSPS) is 10.5. The first-order valence-electron chi connectivity index (χ1n) is 4.84. The number of pyridine rings is 1. The van der Waals surface area contributed by atoms with E-state index in [2.05, 4.69) is 9.97 Å². The molecule has 0 aliphatic rings. The van der Waals surface area contributed by atoms with Crippen molar-refractivity contribution in [3.63, 3.8) is 0 Å². The van der Waals surface area contributed by atoms with E-state index in [1.165, 1.54) is 0 Å². The summed E-state index contributed by atoms with van der Waals surface area (Å²) in [6, 6.07) is 9.67. The lowest BCUT2D eigenvalue weighted by Gasteiger charge is -1.91. The van der Waals surface area contributed by atoms with E-state index in [0.29, 0.717) is 5.89 Å². The van der Waals surface area contributed by atoms with E-state index in [4.69, 9.17) is 4.42 Å². The van der Waals surface area contributed by atoms with Gasteiger partial charge in [-0.2, -0.15) is 0 Å². The van der Waals surface area contributed by atoms with E-state index < -0.39 is 0 Å². The molecule has 0 saturated heterocycles. The molecule has 0 N–H and O–H groups in total. The average Bonchev–Trinajstić information content (AvgIpc) is 3.01. The molecule has 3 aromatic rings. The molecule has 0 amide bonds. The van der Waals surface area contributed by atoms with Crippen molar-refractivity contribution in [3.05, 3.63) is 48.2 Å². The molecule has 0 bridgehead atoms. The molecular weight excluding hydrogens is 220 g/mol. The molecule has 0 fully saturated rings. The Kier molecular flexibility index (Phi) is 2.27. The van der Waals surface area contributed by atoms with Crippen LogP contribution in [0.15, 0.2) is 52.6 Å². The van der Waals surface area contributed by atoms with Crippen LogP contribution < -0.4 is 0 Å². The molecule has 0 unspecified atom stereocenters. The Balaban J connectivity index is 2.00. The van der Waals surface area contributed by atoms with Crippen LogP contribution in [0.3, 0.4) is 0 Å². The van der Waals surface area contributed by atoms with E-state index in [0.717, 1.165) is 16.3 Å². The number of hydrogen-bond donors (Lipinski definition) is 0. The zero-order valence-electron chi connectivity index (χ0n) is 8.33. The molecule has 0 radical (unpaired) electrons. The highest BCUT2D eigenvalue weighted by Crippen LogP contribution is 2.26. The Morgan fingerprint density at radius 3 is 2.81 bits per heavy atom. The molecule has 0 aromatic carbocycles. The number of nitrogens with zero attached hydrogens (tertiary/aromatic N) is 2. The standard InChI is InChI=1S/C12H8N2OS/c1-2-6-13-9(4-1)12-14-10(8-15-12)11-5-3-7-16-11/h1-8H. The molecule has 3 rings (SSSR count). The van der Waals surface area contributed by atoms with Crippen molar-refractivity contribution < 1.29 is 4.42 Å². The maximum atomic E-state index is 5.41. The molecular formula is C12H8N2OS. The maximum Gasteiger partial charge on any atom is 0.245 e. The quantitative estimate of drug-likeness (QED) is 0.674. The summed E-state index contributed by atoms with van der Waals surface area (Å²) in [6.07, 6.45) is 3.39. The Morgan fingerprint density at radius 2 is 2.06 bits per heavy atom. The number of oxazole rings is 1. The van der Waals surface area contributed by atoms with Gasteiger partial charge in [-0.1, -0.05) is 12.1 Å². The fourth-order valence-electron chi connectivity index (χ4n) is 1.42. The second kappa shape index (κ2) is 3.90. The van der Waals surface area contributed by atoms with Gasteiger partial charge in [0.2, 0.25) is 5.89 Å². The molecule has 0 aliphatic heterocycles. The van der Waals surface area contributed by atoms with Crippen molar-refractivity contribution >= 4 is 11.3 Å². The van der Waals surface area contributed by atoms with Gasteiger partial charge >= 0.3 is 0 Å². The smallest absolute Gasteiger partial charge is 0.245 e. The molecule has 0 aliphatic carbocycles. The topological polar surface area (TPSA) is 38.9 Å². The predicted molar refractivity (Wildman–Crippen MR) is 63.0 cm³/mol. The Morgan fingerprint density at radius 1 is 1.06 bits per heavy atom. The van der Waals surface area contributed by atoms with Crippen LogP contribution >= 0.6 is 11.3 Å². The van der Waals surface area contributed by atoms with Gasteiger partial charge < -0.3 is 4.42 Å². The van der Waals surface area contributed by atoms with Crippen LogP contribution in [0.1, 0.15) is 0 Å². The van der Waals surface area contributed by atoms with Crippen LogP contribution in [0, 0.1) is 0 Å². The van der Waals surface area contributed by atoms with Gasteiger partial charge in [-0.25, -0.2) is 4.98 Å². The van der Waals surface area contributed by atoms with E-state index in [9.17, 15) is 0 Å². The van der Waals surface area contributed by atoms with Gasteiger partial charge in [0.05, 0.1) is 4.88 Å². The SMILES string of the molecule is c1ccc(-c2nc(-c3cccs3)co2)nc1. The van der Waals surface area contributed by atoms with Gasteiger partial charge in [0.25, 0.3) is 0 Å². The molecule has 0 atom stereocenters. The molecule has 3 nitrogen and oxygen atoms in total. The van der Waals surface area contributed by atoms with Gasteiger partial charge in [0, 0.05) is 6.20 Å².